The molecule has 2 aromatic carbocycles. The lowest BCUT2D eigenvalue weighted by atomic mass is 9.79. The minimum absolute atomic E-state index is 0.124. The molecule has 1 aliphatic heterocycles. The molecular weight excluding hydrogens is 376 g/mol. The van der Waals surface area contributed by atoms with Crippen LogP contribution in [-0.2, 0) is 4.79 Å². The number of hydrogen-bond acceptors (Lipinski definition) is 5. The number of benzene rings is 2. The number of fused-ring (bicyclic) bond motifs is 1. The molecule has 2 atom stereocenters. The Hall–Kier alpha value is -3.47. The number of ether oxygens (including phenoxy) is 1. The van der Waals surface area contributed by atoms with E-state index in [1.807, 2.05) is 55.5 Å². The van der Waals surface area contributed by atoms with Gasteiger partial charge in [0, 0.05) is 17.7 Å². The average Bonchev–Trinajstić information content (AvgIpc) is 3.11. The highest BCUT2D eigenvalue weighted by molar-refractivity contribution is 6.01. The number of allylic oxidation sites excluding steroid dienone is 1. The van der Waals surface area contributed by atoms with E-state index in [0.717, 1.165) is 51.9 Å². The quantitative estimate of drug-likeness (QED) is 0.601. The van der Waals surface area contributed by atoms with Gasteiger partial charge in [-0.2, -0.15) is 0 Å². The average molecular weight is 400 g/mol. The number of furan rings is 1. The van der Waals surface area contributed by atoms with Crippen LogP contribution in [0.15, 0.2) is 76.4 Å². The fourth-order valence-corrected chi connectivity index (χ4v) is 4.43. The molecule has 2 N–H and O–H groups in total. The molecule has 1 aromatic heterocycles. The van der Waals surface area contributed by atoms with E-state index in [2.05, 4.69) is 22.8 Å². The van der Waals surface area contributed by atoms with Crippen LogP contribution in [0, 0.1) is 6.92 Å². The smallest absolute Gasteiger partial charge is 0.163 e. The molecule has 3 aromatic rings. The summed E-state index contributed by atoms with van der Waals surface area (Å²) in [4.78, 5) is 13.4. The van der Waals surface area contributed by atoms with Crippen LogP contribution in [-0.4, -0.2) is 12.9 Å². The van der Waals surface area contributed by atoms with E-state index in [1.54, 1.807) is 7.11 Å². The largest absolute Gasteiger partial charge is 0.497 e. The Kier molecular flexibility index (Phi) is 4.58. The summed E-state index contributed by atoms with van der Waals surface area (Å²) in [6, 6.07) is 19.6. The third kappa shape index (κ3) is 3.26. The van der Waals surface area contributed by atoms with Gasteiger partial charge in [0.05, 0.1) is 18.5 Å². The van der Waals surface area contributed by atoms with Crippen LogP contribution in [0.25, 0.3) is 0 Å². The molecule has 5 rings (SSSR count). The number of methoxy groups -OCH3 is 1. The highest BCUT2D eigenvalue weighted by atomic mass is 16.5. The molecule has 2 heterocycles. The molecule has 0 bridgehead atoms. The van der Waals surface area contributed by atoms with Gasteiger partial charge in [-0.1, -0.05) is 24.3 Å². The molecule has 152 valence electrons. The van der Waals surface area contributed by atoms with Crippen molar-refractivity contribution in [1.29, 1.82) is 0 Å². The summed E-state index contributed by atoms with van der Waals surface area (Å²) in [5.41, 5.74) is 4.81. The molecule has 0 radical (unpaired) electrons. The molecule has 5 heteroatoms. The van der Waals surface area contributed by atoms with Crippen molar-refractivity contribution in [3.05, 3.63) is 89.0 Å². The first-order valence-corrected chi connectivity index (χ1v) is 10.2. The maximum absolute atomic E-state index is 13.4. The van der Waals surface area contributed by atoms with Crippen molar-refractivity contribution in [1.82, 2.24) is 0 Å². The van der Waals surface area contributed by atoms with Gasteiger partial charge in [0.2, 0.25) is 0 Å². The standard InChI is InChI=1S/C25H24N2O3/c1-15-7-12-23(30-15)25-24-21(26-19-5-3-4-6-20(19)27-25)13-17(14-22(24)28)16-8-10-18(29-2)11-9-16/h3-12,17,25-27H,13-14H2,1-2H3/t17-,25+/m0/s1. The van der Waals surface area contributed by atoms with Gasteiger partial charge < -0.3 is 19.8 Å². The molecule has 0 unspecified atom stereocenters. The summed E-state index contributed by atoms with van der Waals surface area (Å²) in [7, 11) is 1.66. The number of rotatable bonds is 3. The summed E-state index contributed by atoms with van der Waals surface area (Å²) in [5, 5.41) is 7.09. The van der Waals surface area contributed by atoms with Crippen molar-refractivity contribution in [3.63, 3.8) is 0 Å². The number of carbonyl (C=O) groups is 1. The van der Waals surface area contributed by atoms with Gasteiger partial charge in [0.1, 0.15) is 23.3 Å². The molecule has 0 saturated heterocycles. The number of carbonyl (C=O) groups excluding carboxylic acids is 1. The van der Waals surface area contributed by atoms with Gasteiger partial charge in [-0.25, -0.2) is 0 Å². The minimum atomic E-state index is -0.311. The van der Waals surface area contributed by atoms with E-state index in [4.69, 9.17) is 9.15 Å². The SMILES string of the molecule is COc1ccc([C@@H]2CC(=O)C3=C(C2)Nc2ccccc2N[C@@H]3c2ccc(C)o2)cc1. The first-order valence-electron chi connectivity index (χ1n) is 10.2. The highest BCUT2D eigenvalue weighted by Gasteiger charge is 2.37. The third-order valence-corrected chi connectivity index (χ3v) is 5.94. The van der Waals surface area contributed by atoms with Gasteiger partial charge in [0.25, 0.3) is 0 Å². The Labute approximate surface area is 175 Å². The molecule has 2 aliphatic rings. The lowest BCUT2D eigenvalue weighted by molar-refractivity contribution is -0.116. The zero-order valence-electron chi connectivity index (χ0n) is 17.1. The molecule has 1 aliphatic carbocycles. The minimum Gasteiger partial charge on any atom is -0.497 e. The Morgan fingerprint density at radius 2 is 1.73 bits per heavy atom. The summed E-state index contributed by atoms with van der Waals surface area (Å²) in [6.07, 6.45) is 1.24. The van der Waals surface area contributed by atoms with Crippen LogP contribution in [0.4, 0.5) is 11.4 Å². The Morgan fingerprint density at radius 1 is 0.967 bits per heavy atom. The van der Waals surface area contributed by atoms with Gasteiger partial charge in [-0.3, -0.25) is 4.79 Å². The molecule has 0 saturated carbocycles. The van der Waals surface area contributed by atoms with Crippen molar-refractivity contribution >= 4 is 17.2 Å². The summed E-state index contributed by atoms with van der Waals surface area (Å²) < 4.78 is 11.2. The van der Waals surface area contributed by atoms with Crippen molar-refractivity contribution in [3.8, 4) is 5.75 Å². The van der Waals surface area contributed by atoms with Crippen LogP contribution in [0.2, 0.25) is 0 Å². The van der Waals surface area contributed by atoms with E-state index in [-0.39, 0.29) is 17.7 Å². The Morgan fingerprint density at radius 3 is 2.43 bits per heavy atom. The van der Waals surface area contributed by atoms with Crippen molar-refractivity contribution in [2.24, 2.45) is 0 Å². The van der Waals surface area contributed by atoms with Crippen LogP contribution >= 0.6 is 0 Å². The predicted molar refractivity (Wildman–Crippen MR) is 117 cm³/mol. The normalized spacial score (nSPS) is 20.5. The topological polar surface area (TPSA) is 63.5 Å². The number of Topliss-reactive ketones (excluding diaryl/α,β-unsaturated/α-hetero) is 1. The van der Waals surface area contributed by atoms with E-state index < -0.39 is 0 Å². The van der Waals surface area contributed by atoms with Gasteiger partial charge in [-0.15, -0.1) is 0 Å². The second kappa shape index (κ2) is 7.41. The lowest BCUT2D eigenvalue weighted by Crippen LogP contribution is -2.26. The monoisotopic (exact) mass is 400 g/mol. The number of anilines is 2. The number of aryl methyl sites for hydroxylation is 1. The number of nitrogens with one attached hydrogen (secondary N) is 2. The van der Waals surface area contributed by atoms with Crippen LogP contribution in [0.1, 0.15) is 41.9 Å². The summed E-state index contributed by atoms with van der Waals surface area (Å²) in [6.45, 7) is 1.92. The first kappa shape index (κ1) is 18.6. The molecule has 0 spiro atoms. The van der Waals surface area contributed by atoms with Gasteiger partial charge in [-0.05, 0) is 61.2 Å². The van der Waals surface area contributed by atoms with Crippen LogP contribution in [0.3, 0.4) is 0 Å². The molecule has 5 nitrogen and oxygen atoms in total. The molecular formula is C25H24N2O3. The van der Waals surface area contributed by atoms with Crippen molar-refractivity contribution in [2.45, 2.75) is 31.7 Å². The van der Waals surface area contributed by atoms with Crippen molar-refractivity contribution in [2.75, 3.05) is 17.7 Å². The maximum atomic E-state index is 13.4. The predicted octanol–water partition coefficient (Wildman–Crippen LogP) is 5.58. The number of hydrogen-bond donors (Lipinski definition) is 2. The fourth-order valence-electron chi connectivity index (χ4n) is 4.43. The highest BCUT2D eigenvalue weighted by Crippen LogP contribution is 2.44. The summed E-state index contributed by atoms with van der Waals surface area (Å²) >= 11 is 0. The molecule has 30 heavy (non-hydrogen) atoms. The number of ketones is 1. The van der Waals surface area contributed by atoms with E-state index in [9.17, 15) is 4.79 Å². The van der Waals surface area contributed by atoms with E-state index in [0.29, 0.717) is 6.42 Å². The second-order valence-corrected chi connectivity index (χ2v) is 7.89. The fraction of sp³-hybridized carbons (Fsp3) is 0.240. The first-order chi connectivity index (χ1) is 14.6. The second-order valence-electron chi connectivity index (χ2n) is 7.89. The number of para-hydroxylation sites is 2. The zero-order valence-corrected chi connectivity index (χ0v) is 17.1. The van der Waals surface area contributed by atoms with Gasteiger partial charge >= 0.3 is 0 Å². The Bertz CT molecular complexity index is 1130. The van der Waals surface area contributed by atoms with Crippen LogP contribution < -0.4 is 15.4 Å². The Balaban J connectivity index is 1.57. The lowest BCUT2D eigenvalue weighted by Gasteiger charge is -2.29. The molecule has 0 amide bonds. The zero-order chi connectivity index (χ0) is 20.7. The van der Waals surface area contributed by atoms with Crippen molar-refractivity contribution < 1.29 is 13.9 Å². The van der Waals surface area contributed by atoms with E-state index in [1.165, 1.54) is 0 Å². The van der Waals surface area contributed by atoms with Gasteiger partial charge in [0.15, 0.2) is 5.78 Å². The van der Waals surface area contributed by atoms with E-state index >= 15 is 0 Å². The van der Waals surface area contributed by atoms with Crippen LogP contribution in [0.5, 0.6) is 5.75 Å². The maximum Gasteiger partial charge on any atom is 0.163 e. The molecule has 0 fully saturated rings. The third-order valence-electron chi connectivity index (χ3n) is 5.94. The summed E-state index contributed by atoms with van der Waals surface area (Å²) in [5.74, 6) is 2.68.